The molecule has 1 aliphatic rings. The van der Waals surface area contributed by atoms with Crippen molar-refractivity contribution in [3.8, 4) is 0 Å². The molecule has 7 heteroatoms. The number of aliphatic hydroxyl groups excluding tert-OH is 2. The van der Waals surface area contributed by atoms with Crippen molar-refractivity contribution in [1.82, 2.24) is 0 Å². The molecule has 1 saturated heterocycles. The Morgan fingerprint density at radius 1 is 0.692 bits per heavy atom. The minimum absolute atomic E-state index is 0.0205. The van der Waals surface area contributed by atoms with E-state index in [1.807, 2.05) is 0 Å². The first-order valence-electron chi connectivity index (χ1n) is 16.3. The Hall–Kier alpha value is -1.18. The molecular formula is C32H60O7. The smallest absolute Gasteiger partial charge is 0.306 e. The Morgan fingerprint density at radius 3 is 1.54 bits per heavy atom. The predicted molar refractivity (Wildman–Crippen MR) is 156 cm³/mol. The van der Waals surface area contributed by atoms with E-state index in [0.29, 0.717) is 0 Å². The molecule has 0 spiro atoms. The van der Waals surface area contributed by atoms with Gasteiger partial charge in [-0.2, -0.15) is 0 Å². The van der Waals surface area contributed by atoms with E-state index < -0.39 is 37.0 Å². The third kappa shape index (κ3) is 18.0. The zero-order valence-electron chi connectivity index (χ0n) is 25.2. The van der Waals surface area contributed by atoms with Crippen molar-refractivity contribution < 1.29 is 34.0 Å². The van der Waals surface area contributed by atoms with E-state index in [4.69, 9.17) is 14.2 Å². The van der Waals surface area contributed by atoms with Gasteiger partial charge in [-0.05, 0) is 12.8 Å². The molecule has 1 aliphatic heterocycles. The summed E-state index contributed by atoms with van der Waals surface area (Å²) in [6, 6.07) is 0. The van der Waals surface area contributed by atoms with Crippen LogP contribution in [0.3, 0.4) is 0 Å². The van der Waals surface area contributed by atoms with Gasteiger partial charge in [-0.3, -0.25) is 9.59 Å². The summed E-state index contributed by atoms with van der Waals surface area (Å²) in [5.74, 6) is -0.781. The lowest BCUT2D eigenvalue weighted by Crippen LogP contribution is -2.45. The molecule has 0 radical (unpaired) electrons. The number of carbonyl (C=O) groups is 2. The van der Waals surface area contributed by atoms with Crippen molar-refractivity contribution in [2.45, 2.75) is 180 Å². The Labute approximate surface area is 238 Å². The second kappa shape index (κ2) is 24.6. The molecule has 0 saturated carbocycles. The van der Waals surface area contributed by atoms with Crippen LogP contribution < -0.4 is 0 Å². The third-order valence-electron chi connectivity index (χ3n) is 7.73. The van der Waals surface area contributed by atoms with Crippen molar-refractivity contribution in [2.75, 3.05) is 13.2 Å². The third-order valence-corrected chi connectivity index (χ3v) is 7.73. The summed E-state index contributed by atoms with van der Waals surface area (Å²) < 4.78 is 16.6. The van der Waals surface area contributed by atoms with E-state index in [0.717, 1.165) is 38.5 Å². The minimum atomic E-state index is -0.999. The molecule has 7 nitrogen and oxygen atoms in total. The van der Waals surface area contributed by atoms with Crippen molar-refractivity contribution in [1.29, 1.82) is 0 Å². The standard InChI is InChI=1S/C32H60O7/c1-3-5-7-9-11-13-14-16-18-20-22-24-30(36)39-31-27(34)26-37-32(31)28(25-33)38-29(35)23-21-19-17-15-12-10-8-6-4-2/h27-28,31-34H,3-26H2,1-2H3/t27-,28+,31+,32+/m0/s1. The second-order valence-electron chi connectivity index (χ2n) is 11.4. The van der Waals surface area contributed by atoms with Gasteiger partial charge in [-0.25, -0.2) is 0 Å². The van der Waals surface area contributed by atoms with Gasteiger partial charge in [0.15, 0.2) is 12.2 Å². The molecule has 0 aromatic heterocycles. The molecule has 0 bridgehead atoms. The first-order chi connectivity index (χ1) is 19.0. The SMILES string of the molecule is CCCCCCCCCCCCCC(=O)O[C@H]1[C@@H]([C@@H](CO)OC(=O)CCCCCCCCCCC)OC[C@@H]1O. The van der Waals surface area contributed by atoms with Crippen molar-refractivity contribution in [2.24, 2.45) is 0 Å². The van der Waals surface area contributed by atoms with Gasteiger partial charge in [-0.15, -0.1) is 0 Å². The van der Waals surface area contributed by atoms with E-state index in [1.165, 1.54) is 89.9 Å². The molecule has 1 rings (SSSR count). The molecule has 0 aromatic carbocycles. The minimum Gasteiger partial charge on any atom is -0.457 e. The number of hydrogen-bond donors (Lipinski definition) is 2. The number of carbonyl (C=O) groups excluding carboxylic acids is 2. The van der Waals surface area contributed by atoms with E-state index in [9.17, 15) is 19.8 Å². The number of unbranched alkanes of at least 4 members (excludes halogenated alkanes) is 18. The van der Waals surface area contributed by atoms with Gasteiger partial charge in [0.2, 0.25) is 0 Å². The predicted octanol–water partition coefficient (Wildman–Crippen LogP) is 7.18. The maximum atomic E-state index is 12.4. The van der Waals surface area contributed by atoms with Gasteiger partial charge in [0, 0.05) is 12.8 Å². The zero-order chi connectivity index (χ0) is 28.6. The fourth-order valence-corrected chi connectivity index (χ4v) is 5.24. The van der Waals surface area contributed by atoms with Crippen LogP contribution in [0.2, 0.25) is 0 Å². The van der Waals surface area contributed by atoms with Crippen LogP contribution in [0.1, 0.15) is 155 Å². The van der Waals surface area contributed by atoms with Gasteiger partial charge in [0.25, 0.3) is 0 Å². The van der Waals surface area contributed by atoms with Crippen LogP contribution in [0.4, 0.5) is 0 Å². The highest BCUT2D eigenvalue weighted by Crippen LogP contribution is 2.24. The van der Waals surface area contributed by atoms with E-state index >= 15 is 0 Å². The fourth-order valence-electron chi connectivity index (χ4n) is 5.24. The topological polar surface area (TPSA) is 102 Å². The van der Waals surface area contributed by atoms with Crippen LogP contribution in [-0.4, -0.2) is 59.8 Å². The summed E-state index contributed by atoms with van der Waals surface area (Å²) in [5.41, 5.74) is 0. The number of ether oxygens (including phenoxy) is 3. The van der Waals surface area contributed by atoms with Crippen molar-refractivity contribution in [3.05, 3.63) is 0 Å². The van der Waals surface area contributed by atoms with Crippen LogP contribution in [0.15, 0.2) is 0 Å². The Bertz CT molecular complexity index is 597. The molecule has 39 heavy (non-hydrogen) atoms. The number of rotatable bonds is 26. The van der Waals surface area contributed by atoms with Gasteiger partial charge in [-0.1, -0.05) is 129 Å². The first kappa shape index (κ1) is 35.8. The molecule has 2 N–H and O–H groups in total. The first-order valence-corrected chi connectivity index (χ1v) is 16.3. The van der Waals surface area contributed by atoms with Crippen LogP contribution in [0.5, 0.6) is 0 Å². The fraction of sp³-hybridized carbons (Fsp3) is 0.938. The lowest BCUT2D eigenvalue weighted by Gasteiger charge is -2.27. The second-order valence-corrected chi connectivity index (χ2v) is 11.4. The highest BCUT2D eigenvalue weighted by molar-refractivity contribution is 5.70. The van der Waals surface area contributed by atoms with Gasteiger partial charge in [0.1, 0.15) is 12.2 Å². The average molecular weight is 557 g/mol. The maximum absolute atomic E-state index is 12.4. The van der Waals surface area contributed by atoms with Crippen LogP contribution >= 0.6 is 0 Å². The molecule has 0 aromatic rings. The summed E-state index contributed by atoms with van der Waals surface area (Å²) in [7, 11) is 0. The lowest BCUT2D eigenvalue weighted by molar-refractivity contribution is -0.171. The van der Waals surface area contributed by atoms with Crippen LogP contribution in [0, 0.1) is 0 Å². The van der Waals surface area contributed by atoms with Crippen molar-refractivity contribution in [3.63, 3.8) is 0 Å². The maximum Gasteiger partial charge on any atom is 0.306 e. The molecule has 0 unspecified atom stereocenters. The monoisotopic (exact) mass is 556 g/mol. The molecule has 1 heterocycles. The summed E-state index contributed by atoms with van der Waals surface area (Å²) in [5, 5.41) is 20.2. The number of aliphatic hydroxyl groups is 2. The Morgan fingerprint density at radius 2 is 1.10 bits per heavy atom. The molecule has 1 fully saturated rings. The average Bonchev–Trinajstić information content (AvgIpc) is 3.28. The Kier molecular flexibility index (Phi) is 22.6. The quantitative estimate of drug-likeness (QED) is 0.0859. The lowest BCUT2D eigenvalue weighted by atomic mass is 10.0. The van der Waals surface area contributed by atoms with Gasteiger partial charge >= 0.3 is 11.9 Å². The normalized spacial score (nSPS) is 19.7. The van der Waals surface area contributed by atoms with E-state index in [1.54, 1.807) is 0 Å². The largest absolute Gasteiger partial charge is 0.457 e. The van der Waals surface area contributed by atoms with Crippen LogP contribution in [-0.2, 0) is 23.8 Å². The summed E-state index contributed by atoms with van der Waals surface area (Å²) >= 11 is 0. The summed E-state index contributed by atoms with van der Waals surface area (Å²) in [6.07, 6.45) is 20.4. The number of hydrogen-bond acceptors (Lipinski definition) is 7. The molecule has 0 aliphatic carbocycles. The molecule has 230 valence electrons. The highest BCUT2D eigenvalue weighted by Gasteiger charge is 2.45. The molecule has 4 atom stereocenters. The highest BCUT2D eigenvalue weighted by atomic mass is 16.6. The summed E-state index contributed by atoms with van der Waals surface area (Å²) in [6.45, 7) is 3.98. The van der Waals surface area contributed by atoms with Crippen molar-refractivity contribution >= 4 is 11.9 Å². The van der Waals surface area contributed by atoms with Gasteiger partial charge in [0.05, 0.1) is 13.2 Å². The Balaban J connectivity index is 2.21. The van der Waals surface area contributed by atoms with Gasteiger partial charge < -0.3 is 24.4 Å². The van der Waals surface area contributed by atoms with Crippen LogP contribution in [0.25, 0.3) is 0 Å². The van der Waals surface area contributed by atoms with E-state index in [2.05, 4.69) is 13.8 Å². The van der Waals surface area contributed by atoms with E-state index in [-0.39, 0.29) is 25.4 Å². The zero-order valence-corrected chi connectivity index (χ0v) is 25.2. The number of esters is 2. The molecule has 0 amide bonds. The molecular weight excluding hydrogens is 496 g/mol. The summed E-state index contributed by atoms with van der Waals surface area (Å²) in [4.78, 5) is 24.8.